The van der Waals surface area contributed by atoms with Crippen LogP contribution in [0.25, 0.3) is 11.4 Å². The number of carbonyl (C=O) groups excluding carboxylic acids is 1. The van der Waals surface area contributed by atoms with E-state index in [2.05, 4.69) is 25.4 Å². The molecule has 27 heavy (non-hydrogen) atoms. The van der Waals surface area contributed by atoms with Crippen molar-refractivity contribution in [3.8, 4) is 11.4 Å². The molecule has 4 rings (SSSR count). The number of carbonyl (C=O) groups is 1. The van der Waals surface area contributed by atoms with Crippen molar-refractivity contribution in [1.82, 2.24) is 20.1 Å². The standard InChI is InChI=1S/C19H19ClN6O/c20-15-7-4-8-16(13-15)25-9-11-26(12-10-25)19(27)22-18-21-17(23-24-18)14-5-2-1-3-6-14/h1-8,13H,9-12H2,(H2,21,22,23,24,27). The van der Waals surface area contributed by atoms with Crippen LogP contribution in [0.1, 0.15) is 0 Å². The Morgan fingerprint density at radius 3 is 2.56 bits per heavy atom. The van der Waals surface area contributed by atoms with Crippen LogP contribution in [0.4, 0.5) is 16.4 Å². The van der Waals surface area contributed by atoms with Crippen LogP contribution in [0.3, 0.4) is 0 Å². The van der Waals surface area contributed by atoms with E-state index in [1.54, 1.807) is 4.90 Å². The summed E-state index contributed by atoms with van der Waals surface area (Å²) in [5.74, 6) is 0.896. The second-order valence-electron chi connectivity index (χ2n) is 6.26. The van der Waals surface area contributed by atoms with E-state index in [0.717, 1.165) is 24.3 Å². The number of hydrogen-bond acceptors (Lipinski definition) is 4. The van der Waals surface area contributed by atoms with Gasteiger partial charge in [-0.3, -0.25) is 10.4 Å². The first-order valence-electron chi connectivity index (χ1n) is 8.73. The minimum Gasteiger partial charge on any atom is -0.368 e. The Bertz CT molecular complexity index is 921. The summed E-state index contributed by atoms with van der Waals surface area (Å²) in [6.07, 6.45) is 0. The molecule has 1 fully saturated rings. The smallest absolute Gasteiger partial charge is 0.324 e. The van der Waals surface area contributed by atoms with Crippen molar-refractivity contribution in [3.05, 3.63) is 59.6 Å². The van der Waals surface area contributed by atoms with E-state index < -0.39 is 0 Å². The molecule has 2 amide bonds. The number of amides is 2. The molecule has 0 radical (unpaired) electrons. The third kappa shape index (κ3) is 4.03. The number of rotatable bonds is 3. The van der Waals surface area contributed by atoms with Crippen LogP contribution in [0.15, 0.2) is 54.6 Å². The van der Waals surface area contributed by atoms with Crippen molar-refractivity contribution in [3.63, 3.8) is 0 Å². The molecule has 2 heterocycles. The number of piperazine rings is 1. The normalized spacial score (nSPS) is 14.3. The first-order chi connectivity index (χ1) is 13.2. The summed E-state index contributed by atoms with van der Waals surface area (Å²) < 4.78 is 0. The van der Waals surface area contributed by atoms with E-state index in [1.165, 1.54) is 0 Å². The van der Waals surface area contributed by atoms with Gasteiger partial charge in [0.2, 0.25) is 5.95 Å². The van der Waals surface area contributed by atoms with Crippen LogP contribution in [-0.4, -0.2) is 52.3 Å². The highest BCUT2D eigenvalue weighted by Crippen LogP contribution is 2.21. The maximum absolute atomic E-state index is 12.5. The number of nitrogens with zero attached hydrogens (tertiary/aromatic N) is 4. The Morgan fingerprint density at radius 1 is 1.04 bits per heavy atom. The zero-order chi connectivity index (χ0) is 18.6. The number of anilines is 2. The molecule has 8 heteroatoms. The SMILES string of the molecule is O=C(Nc1n[nH]c(-c2ccccc2)n1)N1CCN(c2cccc(Cl)c2)CC1. The molecule has 0 unspecified atom stereocenters. The molecule has 1 aromatic heterocycles. The molecule has 1 aliphatic heterocycles. The maximum atomic E-state index is 12.5. The van der Waals surface area contributed by atoms with E-state index in [9.17, 15) is 4.79 Å². The fourth-order valence-electron chi connectivity index (χ4n) is 3.06. The van der Waals surface area contributed by atoms with Crippen molar-refractivity contribution in [2.45, 2.75) is 0 Å². The lowest BCUT2D eigenvalue weighted by atomic mass is 10.2. The third-order valence-corrected chi connectivity index (χ3v) is 4.73. The van der Waals surface area contributed by atoms with Crippen molar-refractivity contribution >= 4 is 29.3 Å². The molecule has 7 nitrogen and oxygen atoms in total. The predicted octanol–water partition coefficient (Wildman–Crippen LogP) is 3.48. The van der Waals surface area contributed by atoms with Crippen molar-refractivity contribution in [2.75, 3.05) is 36.4 Å². The average molecular weight is 383 g/mol. The summed E-state index contributed by atoms with van der Waals surface area (Å²) in [6, 6.07) is 17.2. The summed E-state index contributed by atoms with van der Waals surface area (Å²) in [5.41, 5.74) is 1.99. The van der Waals surface area contributed by atoms with Gasteiger partial charge in [-0.05, 0) is 18.2 Å². The van der Waals surface area contributed by atoms with Crippen LogP contribution in [0, 0.1) is 0 Å². The third-order valence-electron chi connectivity index (χ3n) is 4.49. The summed E-state index contributed by atoms with van der Waals surface area (Å²) >= 11 is 6.06. The van der Waals surface area contributed by atoms with Crippen molar-refractivity contribution < 1.29 is 4.79 Å². The van der Waals surface area contributed by atoms with Gasteiger partial charge >= 0.3 is 6.03 Å². The van der Waals surface area contributed by atoms with Gasteiger partial charge < -0.3 is 9.80 Å². The van der Waals surface area contributed by atoms with Gasteiger partial charge in [0.15, 0.2) is 5.82 Å². The van der Waals surface area contributed by atoms with Crippen LogP contribution in [-0.2, 0) is 0 Å². The fraction of sp³-hybridized carbons (Fsp3) is 0.211. The molecule has 0 atom stereocenters. The highest BCUT2D eigenvalue weighted by molar-refractivity contribution is 6.30. The first-order valence-corrected chi connectivity index (χ1v) is 9.11. The summed E-state index contributed by atoms with van der Waals surface area (Å²) in [5, 5.41) is 10.4. The number of benzene rings is 2. The van der Waals surface area contributed by atoms with Gasteiger partial charge in [0.05, 0.1) is 0 Å². The zero-order valence-corrected chi connectivity index (χ0v) is 15.4. The van der Waals surface area contributed by atoms with Gasteiger partial charge in [-0.15, -0.1) is 5.10 Å². The van der Waals surface area contributed by atoms with Crippen LogP contribution < -0.4 is 10.2 Å². The second-order valence-corrected chi connectivity index (χ2v) is 6.69. The zero-order valence-electron chi connectivity index (χ0n) is 14.6. The lowest BCUT2D eigenvalue weighted by Crippen LogP contribution is -2.50. The monoisotopic (exact) mass is 382 g/mol. The minimum absolute atomic E-state index is 0.195. The van der Waals surface area contributed by atoms with E-state index in [1.807, 2.05) is 54.6 Å². The summed E-state index contributed by atoms with van der Waals surface area (Å²) in [4.78, 5) is 20.8. The summed E-state index contributed by atoms with van der Waals surface area (Å²) in [7, 11) is 0. The highest BCUT2D eigenvalue weighted by Gasteiger charge is 2.22. The maximum Gasteiger partial charge on any atom is 0.324 e. The number of aromatic nitrogens is 3. The van der Waals surface area contributed by atoms with Gasteiger partial charge in [-0.25, -0.2) is 4.79 Å². The average Bonchev–Trinajstić information content (AvgIpc) is 3.17. The molecule has 1 saturated heterocycles. The first kappa shape index (κ1) is 17.4. The quantitative estimate of drug-likeness (QED) is 0.727. The van der Waals surface area contributed by atoms with E-state index >= 15 is 0 Å². The molecule has 0 aliphatic carbocycles. The summed E-state index contributed by atoms with van der Waals surface area (Å²) in [6.45, 7) is 2.73. The predicted molar refractivity (Wildman–Crippen MR) is 106 cm³/mol. The molecule has 2 aromatic carbocycles. The van der Waals surface area contributed by atoms with Crippen molar-refractivity contribution in [2.24, 2.45) is 0 Å². The minimum atomic E-state index is -0.195. The van der Waals surface area contributed by atoms with E-state index in [-0.39, 0.29) is 12.0 Å². The Balaban J connectivity index is 1.34. The van der Waals surface area contributed by atoms with Crippen molar-refractivity contribution in [1.29, 1.82) is 0 Å². The lowest BCUT2D eigenvalue weighted by molar-refractivity contribution is 0.208. The Kier molecular flexibility index (Phi) is 4.93. The Hall–Kier alpha value is -3.06. The van der Waals surface area contributed by atoms with Crippen LogP contribution >= 0.6 is 11.6 Å². The van der Waals surface area contributed by atoms with Crippen LogP contribution in [0.5, 0.6) is 0 Å². The molecule has 0 saturated carbocycles. The van der Waals surface area contributed by atoms with Gasteiger partial charge in [-0.1, -0.05) is 48.0 Å². The molecule has 1 aliphatic rings. The van der Waals surface area contributed by atoms with Gasteiger partial charge in [-0.2, -0.15) is 4.98 Å². The number of hydrogen-bond donors (Lipinski definition) is 2. The Morgan fingerprint density at radius 2 is 1.81 bits per heavy atom. The molecule has 0 bridgehead atoms. The lowest BCUT2D eigenvalue weighted by Gasteiger charge is -2.35. The highest BCUT2D eigenvalue weighted by atomic mass is 35.5. The molecular weight excluding hydrogens is 364 g/mol. The fourth-order valence-corrected chi connectivity index (χ4v) is 3.24. The topological polar surface area (TPSA) is 77.1 Å². The number of H-pyrrole nitrogens is 1. The van der Waals surface area contributed by atoms with Gasteiger partial charge in [0.1, 0.15) is 0 Å². The molecular formula is C19H19ClN6O. The molecule has 138 valence electrons. The number of aromatic amines is 1. The number of urea groups is 1. The van der Waals surface area contributed by atoms with E-state index in [4.69, 9.17) is 11.6 Å². The van der Waals surface area contributed by atoms with Gasteiger partial charge in [0, 0.05) is 42.5 Å². The Labute approximate surface area is 162 Å². The molecule has 2 N–H and O–H groups in total. The molecule has 3 aromatic rings. The molecule has 0 spiro atoms. The number of halogens is 1. The number of nitrogens with one attached hydrogen (secondary N) is 2. The largest absolute Gasteiger partial charge is 0.368 e. The van der Waals surface area contributed by atoms with Crippen LogP contribution in [0.2, 0.25) is 5.02 Å². The second kappa shape index (κ2) is 7.67. The van der Waals surface area contributed by atoms with E-state index in [0.29, 0.717) is 23.9 Å². The van der Waals surface area contributed by atoms with Gasteiger partial charge in [0.25, 0.3) is 0 Å².